The maximum Gasteiger partial charge on any atom is 0.215 e. The van der Waals surface area contributed by atoms with Gasteiger partial charge in [-0.2, -0.15) is 4.98 Å². The minimum Gasteiger partial charge on any atom is -0.493 e. The predicted octanol–water partition coefficient (Wildman–Crippen LogP) is 5.08. The van der Waals surface area contributed by atoms with Crippen LogP contribution in [0.25, 0.3) is 11.3 Å². The molecule has 130 valence electrons. The first-order valence-corrected chi connectivity index (χ1v) is 9.10. The van der Waals surface area contributed by atoms with Gasteiger partial charge >= 0.3 is 0 Å². The number of nitrogens with zero attached hydrogens (tertiary/aromatic N) is 3. The smallest absolute Gasteiger partial charge is 0.215 e. The van der Waals surface area contributed by atoms with Crippen LogP contribution in [0.4, 0.5) is 0 Å². The normalized spacial score (nSPS) is 11.7. The van der Waals surface area contributed by atoms with E-state index in [4.69, 9.17) is 16.0 Å². The molecule has 0 aliphatic carbocycles. The lowest BCUT2D eigenvalue weighted by molar-refractivity contribution is 0.436. The first-order chi connectivity index (χ1) is 11.8. The van der Waals surface area contributed by atoms with E-state index in [2.05, 4.69) is 15.0 Å². The van der Waals surface area contributed by atoms with Gasteiger partial charge in [-0.3, -0.25) is 0 Å². The number of oxazole rings is 1. The molecule has 5 nitrogen and oxygen atoms in total. The highest BCUT2D eigenvalue weighted by molar-refractivity contribution is 7.98. The Balaban J connectivity index is 1.75. The van der Waals surface area contributed by atoms with Gasteiger partial charge in [-0.1, -0.05) is 56.3 Å². The van der Waals surface area contributed by atoms with Crippen LogP contribution in [-0.2, 0) is 11.2 Å². The molecule has 0 aliphatic rings. The molecular formula is C18H18ClN3O2S. The van der Waals surface area contributed by atoms with Crippen LogP contribution < -0.4 is 0 Å². The second-order valence-electron chi connectivity index (χ2n) is 6.53. The number of hydrogen-bond acceptors (Lipinski definition) is 6. The quantitative estimate of drug-likeness (QED) is 0.506. The molecule has 1 aromatic carbocycles. The van der Waals surface area contributed by atoms with Gasteiger partial charge in [-0.15, -0.1) is 0 Å². The summed E-state index contributed by atoms with van der Waals surface area (Å²) in [7, 11) is 0. The van der Waals surface area contributed by atoms with E-state index in [1.165, 1.54) is 11.8 Å². The molecule has 25 heavy (non-hydrogen) atoms. The van der Waals surface area contributed by atoms with Gasteiger partial charge in [0.05, 0.1) is 22.7 Å². The molecule has 7 heteroatoms. The Morgan fingerprint density at radius 2 is 1.96 bits per heavy atom. The van der Waals surface area contributed by atoms with Gasteiger partial charge in [0.15, 0.2) is 10.9 Å². The maximum absolute atomic E-state index is 9.82. The Morgan fingerprint density at radius 3 is 2.68 bits per heavy atom. The summed E-state index contributed by atoms with van der Waals surface area (Å²) in [6.45, 7) is 6.10. The Kier molecular flexibility index (Phi) is 5.01. The lowest BCUT2D eigenvalue weighted by Crippen LogP contribution is -2.14. The summed E-state index contributed by atoms with van der Waals surface area (Å²) in [6.07, 6.45) is 1.65. The van der Waals surface area contributed by atoms with E-state index in [0.29, 0.717) is 27.6 Å². The van der Waals surface area contributed by atoms with Crippen molar-refractivity contribution in [1.82, 2.24) is 15.0 Å². The van der Waals surface area contributed by atoms with Gasteiger partial charge in [0.2, 0.25) is 11.8 Å². The molecule has 3 rings (SSSR count). The Bertz CT molecular complexity index is 890. The zero-order chi connectivity index (χ0) is 18.0. The fraction of sp³-hybridized carbons (Fsp3) is 0.278. The molecule has 0 spiro atoms. The van der Waals surface area contributed by atoms with Crippen LogP contribution in [0.15, 0.2) is 46.1 Å². The van der Waals surface area contributed by atoms with Gasteiger partial charge < -0.3 is 9.52 Å². The van der Waals surface area contributed by atoms with Crippen molar-refractivity contribution in [3.8, 4) is 17.2 Å². The van der Waals surface area contributed by atoms with E-state index in [0.717, 1.165) is 11.3 Å². The number of benzene rings is 1. The van der Waals surface area contributed by atoms with E-state index in [1.807, 2.05) is 45.0 Å². The molecule has 1 N–H and O–H groups in total. The van der Waals surface area contributed by atoms with Gasteiger partial charge in [0.1, 0.15) is 0 Å². The Hall–Kier alpha value is -2.05. The summed E-state index contributed by atoms with van der Waals surface area (Å²) < 4.78 is 5.77. The zero-order valence-corrected chi connectivity index (χ0v) is 15.7. The van der Waals surface area contributed by atoms with Crippen molar-refractivity contribution < 1.29 is 9.52 Å². The highest BCUT2D eigenvalue weighted by Crippen LogP contribution is 2.30. The number of thioether (sulfide) groups is 1. The molecule has 0 atom stereocenters. The predicted molar refractivity (Wildman–Crippen MR) is 98.9 cm³/mol. The van der Waals surface area contributed by atoms with E-state index in [9.17, 15) is 5.11 Å². The standard InChI is InChI=1S/C18H18ClN3O2S/c1-18(2,3)14-8-15(23)22-17(21-14)25-10-16-20-9-13(24-16)11-6-4-5-7-12(11)19/h4-9H,10H2,1-3H3,(H,21,22,23). The second-order valence-corrected chi connectivity index (χ2v) is 7.88. The van der Waals surface area contributed by atoms with Crippen molar-refractivity contribution in [1.29, 1.82) is 0 Å². The Labute approximate surface area is 155 Å². The third kappa shape index (κ3) is 4.32. The summed E-state index contributed by atoms with van der Waals surface area (Å²) in [4.78, 5) is 12.8. The van der Waals surface area contributed by atoms with E-state index in [1.54, 1.807) is 12.3 Å². The van der Waals surface area contributed by atoms with Crippen molar-refractivity contribution in [2.75, 3.05) is 0 Å². The molecular weight excluding hydrogens is 358 g/mol. The summed E-state index contributed by atoms with van der Waals surface area (Å²) in [5, 5.41) is 10.9. The Morgan fingerprint density at radius 1 is 1.20 bits per heavy atom. The van der Waals surface area contributed by atoms with E-state index < -0.39 is 0 Å². The fourth-order valence-electron chi connectivity index (χ4n) is 2.15. The van der Waals surface area contributed by atoms with Crippen molar-refractivity contribution in [3.63, 3.8) is 0 Å². The first-order valence-electron chi connectivity index (χ1n) is 7.74. The molecule has 3 aromatic rings. The highest BCUT2D eigenvalue weighted by atomic mass is 35.5. The van der Waals surface area contributed by atoms with E-state index in [-0.39, 0.29) is 11.3 Å². The van der Waals surface area contributed by atoms with Crippen molar-refractivity contribution in [2.24, 2.45) is 0 Å². The average molecular weight is 376 g/mol. The first kappa shape index (κ1) is 17.8. The van der Waals surface area contributed by atoms with Crippen molar-refractivity contribution in [2.45, 2.75) is 37.1 Å². The number of hydrogen-bond donors (Lipinski definition) is 1. The average Bonchev–Trinajstić information content (AvgIpc) is 3.01. The second kappa shape index (κ2) is 7.06. The summed E-state index contributed by atoms with van der Waals surface area (Å²) in [6, 6.07) is 9.04. The summed E-state index contributed by atoms with van der Waals surface area (Å²) >= 11 is 7.54. The third-order valence-corrected chi connectivity index (χ3v) is 4.64. The zero-order valence-electron chi connectivity index (χ0n) is 14.2. The largest absolute Gasteiger partial charge is 0.493 e. The summed E-state index contributed by atoms with van der Waals surface area (Å²) in [5.74, 6) is 1.58. The van der Waals surface area contributed by atoms with Gasteiger partial charge in [-0.25, -0.2) is 9.97 Å². The number of rotatable bonds is 4. The molecule has 2 aromatic heterocycles. The molecule has 0 fully saturated rings. The number of halogens is 1. The fourth-order valence-corrected chi connectivity index (χ4v) is 3.09. The minimum atomic E-state index is -0.171. The van der Waals surface area contributed by atoms with Gasteiger partial charge in [0, 0.05) is 17.0 Å². The minimum absolute atomic E-state index is 0.0356. The molecule has 0 radical (unpaired) electrons. The molecule has 0 saturated carbocycles. The number of aromatic hydroxyl groups is 1. The van der Waals surface area contributed by atoms with Crippen LogP contribution in [0.5, 0.6) is 5.88 Å². The third-order valence-electron chi connectivity index (χ3n) is 3.48. The number of aromatic nitrogens is 3. The maximum atomic E-state index is 9.82. The van der Waals surface area contributed by atoms with Gasteiger partial charge in [-0.05, 0) is 12.1 Å². The topological polar surface area (TPSA) is 72.0 Å². The highest BCUT2D eigenvalue weighted by Gasteiger charge is 2.18. The monoisotopic (exact) mass is 375 g/mol. The van der Waals surface area contributed by atoms with Crippen LogP contribution in [0, 0.1) is 0 Å². The summed E-state index contributed by atoms with van der Waals surface area (Å²) in [5.41, 5.74) is 1.42. The van der Waals surface area contributed by atoms with Crippen LogP contribution in [-0.4, -0.2) is 20.1 Å². The van der Waals surface area contributed by atoms with Crippen LogP contribution in [0.3, 0.4) is 0 Å². The molecule has 0 bridgehead atoms. The van der Waals surface area contributed by atoms with Crippen molar-refractivity contribution in [3.05, 3.63) is 53.1 Å². The van der Waals surface area contributed by atoms with Crippen LogP contribution in [0.1, 0.15) is 32.4 Å². The molecule has 2 heterocycles. The molecule has 0 amide bonds. The van der Waals surface area contributed by atoms with Crippen molar-refractivity contribution >= 4 is 23.4 Å². The molecule has 0 saturated heterocycles. The van der Waals surface area contributed by atoms with Gasteiger partial charge in [0.25, 0.3) is 0 Å². The lowest BCUT2D eigenvalue weighted by Gasteiger charge is -2.17. The lowest BCUT2D eigenvalue weighted by atomic mass is 9.92. The van der Waals surface area contributed by atoms with Crippen LogP contribution >= 0.6 is 23.4 Å². The molecule has 0 aliphatic heterocycles. The van der Waals surface area contributed by atoms with E-state index >= 15 is 0 Å². The SMILES string of the molecule is CC(C)(C)c1cc(O)nc(SCc2ncc(-c3ccccc3Cl)o2)n1. The van der Waals surface area contributed by atoms with Crippen LogP contribution in [0.2, 0.25) is 5.02 Å². The molecule has 0 unspecified atom stereocenters.